The summed E-state index contributed by atoms with van der Waals surface area (Å²) in [6.07, 6.45) is 4.07. The maximum atomic E-state index is 12.2. The Morgan fingerprint density at radius 2 is 1.75 bits per heavy atom. The molecule has 1 aromatic rings. The second-order valence-electron chi connectivity index (χ2n) is 5.71. The van der Waals surface area contributed by atoms with E-state index in [1.807, 2.05) is 13.0 Å². The van der Waals surface area contributed by atoms with Gasteiger partial charge in [0.05, 0.1) is 0 Å². The van der Waals surface area contributed by atoms with Crippen LogP contribution in [0.2, 0.25) is 0 Å². The van der Waals surface area contributed by atoms with Crippen molar-refractivity contribution in [3.63, 3.8) is 0 Å². The monoisotopic (exact) mass is 319 g/mol. The van der Waals surface area contributed by atoms with Gasteiger partial charge in [0.2, 0.25) is 5.91 Å². The first-order valence-corrected chi connectivity index (χ1v) is 7.72. The number of carbonyl (C=O) groups is 1. The van der Waals surface area contributed by atoms with E-state index in [0.29, 0.717) is 5.69 Å². The van der Waals surface area contributed by atoms with Crippen molar-refractivity contribution >= 4 is 17.3 Å². The molecule has 6 nitrogen and oxygen atoms in total. The number of nitrogens with one attached hydrogen (secondary N) is 2. The van der Waals surface area contributed by atoms with E-state index >= 15 is 0 Å². The zero-order valence-electron chi connectivity index (χ0n) is 13.4. The molecule has 0 heterocycles. The van der Waals surface area contributed by atoms with Crippen LogP contribution in [-0.2, 0) is 4.79 Å². The summed E-state index contributed by atoms with van der Waals surface area (Å²) in [5, 5.41) is 32.4. The summed E-state index contributed by atoms with van der Waals surface area (Å²) < 4.78 is 0. The molecule has 2 N–H and O–H groups in total. The minimum Gasteiger partial charge on any atom is -0.345 e. The zero-order chi connectivity index (χ0) is 17.5. The van der Waals surface area contributed by atoms with E-state index in [1.165, 1.54) is 0 Å². The fourth-order valence-electron chi connectivity index (χ4n) is 2.73. The van der Waals surface area contributed by atoms with Gasteiger partial charge in [-0.3, -0.25) is 4.79 Å². The molecular weight excluding hydrogens is 302 g/mol. The van der Waals surface area contributed by atoms with Gasteiger partial charge >= 0.3 is 0 Å². The molecule has 0 aliphatic heterocycles. The predicted molar refractivity (Wildman–Crippen MR) is 89.3 cm³/mol. The van der Waals surface area contributed by atoms with E-state index in [2.05, 4.69) is 10.6 Å². The Hall–Kier alpha value is -3.30. The standard InChI is InChI=1S/C18H17N5O/c1-12-8-15(22-17(11-21)14(9-19)10-20)6-7-16(12)23-18(24)13-4-2-3-5-13/h6-8,13,22H,2-5H2,1H3,(H,23,24). The molecule has 1 fully saturated rings. The summed E-state index contributed by atoms with van der Waals surface area (Å²) in [6, 6.07) is 10.4. The van der Waals surface area contributed by atoms with E-state index < -0.39 is 0 Å². The van der Waals surface area contributed by atoms with Crippen LogP contribution in [-0.4, -0.2) is 5.91 Å². The number of amides is 1. The SMILES string of the molecule is Cc1cc(NC(C#N)=C(C#N)C#N)ccc1NC(=O)C1CCCC1. The summed E-state index contributed by atoms with van der Waals surface area (Å²) >= 11 is 0. The fourth-order valence-corrected chi connectivity index (χ4v) is 2.73. The Labute approximate surface area is 141 Å². The van der Waals surface area contributed by atoms with E-state index in [1.54, 1.807) is 30.3 Å². The molecule has 1 aliphatic carbocycles. The van der Waals surface area contributed by atoms with Crippen molar-refractivity contribution in [1.82, 2.24) is 0 Å². The lowest BCUT2D eigenvalue weighted by atomic mass is 10.1. The minimum atomic E-state index is -0.270. The van der Waals surface area contributed by atoms with Gasteiger partial charge in [0.15, 0.2) is 5.57 Å². The Kier molecular flexibility index (Phi) is 5.55. The Balaban J connectivity index is 2.14. The summed E-state index contributed by atoms with van der Waals surface area (Å²) in [5.74, 6) is 0.134. The highest BCUT2D eigenvalue weighted by atomic mass is 16.1. The third-order valence-electron chi connectivity index (χ3n) is 4.06. The Morgan fingerprint density at radius 3 is 2.29 bits per heavy atom. The molecule has 120 valence electrons. The number of aryl methyl sites for hydroxylation is 1. The number of hydrogen-bond donors (Lipinski definition) is 2. The van der Waals surface area contributed by atoms with E-state index in [4.69, 9.17) is 15.8 Å². The van der Waals surface area contributed by atoms with Gasteiger partial charge in [-0.05, 0) is 43.5 Å². The van der Waals surface area contributed by atoms with Gasteiger partial charge in [-0.1, -0.05) is 12.8 Å². The van der Waals surface area contributed by atoms with Crippen molar-refractivity contribution in [2.75, 3.05) is 10.6 Å². The highest BCUT2D eigenvalue weighted by Gasteiger charge is 2.22. The lowest BCUT2D eigenvalue weighted by Crippen LogP contribution is -2.20. The smallest absolute Gasteiger partial charge is 0.227 e. The van der Waals surface area contributed by atoms with Gasteiger partial charge in [-0.2, -0.15) is 15.8 Å². The average Bonchev–Trinajstić information content (AvgIpc) is 3.12. The highest BCUT2D eigenvalue weighted by Crippen LogP contribution is 2.27. The normalized spacial score (nSPS) is 13.2. The van der Waals surface area contributed by atoms with Gasteiger partial charge in [-0.15, -0.1) is 0 Å². The number of nitrogens with zero attached hydrogens (tertiary/aromatic N) is 3. The summed E-state index contributed by atoms with van der Waals surface area (Å²) in [4.78, 5) is 12.2. The molecule has 6 heteroatoms. The zero-order valence-corrected chi connectivity index (χ0v) is 13.4. The van der Waals surface area contributed by atoms with Crippen LogP contribution in [0.4, 0.5) is 11.4 Å². The third kappa shape index (κ3) is 3.91. The molecule has 0 aromatic heterocycles. The molecule has 2 rings (SSSR count). The summed E-state index contributed by atoms with van der Waals surface area (Å²) in [5.41, 5.74) is 1.77. The highest BCUT2D eigenvalue weighted by molar-refractivity contribution is 5.93. The van der Waals surface area contributed by atoms with Crippen molar-refractivity contribution in [2.24, 2.45) is 5.92 Å². The largest absolute Gasteiger partial charge is 0.345 e. The number of nitriles is 3. The molecule has 0 spiro atoms. The van der Waals surface area contributed by atoms with Crippen molar-refractivity contribution in [2.45, 2.75) is 32.6 Å². The van der Waals surface area contributed by atoms with Gasteiger partial charge in [0.25, 0.3) is 0 Å². The van der Waals surface area contributed by atoms with Crippen LogP contribution < -0.4 is 10.6 Å². The Morgan fingerprint density at radius 1 is 1.08 bits per heavy atom. The van der Waals surface area contributed by atoms with Gasteiger partial charge in [0, 0.05) is 17.3 Å². The number of carbonyl (C=O) groups excluding carboxylic acids is 1. The maximum absolute atomic E-state index is 12.2. The van der Waals surface area contributed by atoms with E-state index in [9.17, 15) is 4.79 Å². The van der Waals surface area contributed by atoms with E-state index in [-0.39, 0.29) is 23.1 Å². The number of allylic oxidation sites excluding steroid dienone is 2. The molecule has 0 radical (unpaired) electrons. The first-order valence-electron chi connectivity index (χ1n) is 7.72. The minimum absolute atomic E-state index is 0.0465. The quantitative estimate of drug-likeness (QED) is 0.826. The molecule has 1 saturated carbocycles. The molecule has 0 saturated heterocycles. The second-order valence-corrected chi connectivity index (χ2v) is 5.71. The first-order chi connectivity index (χ1) is 11.6. The molecule has 0 atom stereocenters. The van der Waals surface area contributed by atoms with Crippen LogP contribution in [0.15, 0.2) is 29.5 Å². The summed E-state index contributed by atoms with van der Waals surface area (Å²) in [6.45, 7) is 1.85. The molecule has 24 heavy (non-hydrogen) atoms. The second kappa shape index (κ2) is 7.81. The van der Waals surface area contributed by atoms with Crippen LogP contribution in [0.5, 0.6) is 0 Å². The van der Waals surface area contributed by atoms with Crippen molar-refractivity contribution in [3.05, 3.63) is 35.0 Å². The lowest BCUT2D eigenvalue weighted by molar-refractivity contribution is -0.119. The molecule has 0 unspecified atom stereocenters. The number of benzene rings is 1. The number of rotatable bonds is 4. The third-order valence-corrected chi connectivity index (χ3v) is 4.06. The van der Waals surface area contributed by atoms with Gasteiger partial charge in [0.1, 0.15) is 23.9 Å². The maximum Gasteiger partial charge on any atom is 0.227 e. The Bertz CT molecular complexity index is 782. The van der Waals surface area contributed by atoms with Crippen LogP contribution in [0, 0.1) is 46.8 Å². The first kappa shape index (κ1) is 17.1. The van der Waals surface area contributed by atoms with Crippen molar-refractivity contribution in [1.29, 1.82) is 15.8 Å². The average molecular weight is 319 g/mol. The van der Waals surface area contributed by atoms with Gasteiger partial charge in [-0.25, -0.2) is 0 Å². The number of anilines is 2. The lowest BCUT2D eigenvalue weighted by Gasteiger charge is -2.14. The molecular formula is C18H17N5O. The van der Waals surface area contributed by atoms with Crippen molar-refractivity contribution < 1.29 is 4.79 Å². The van der Waals surface area contributed by atoms with E-state index in [0.717, 1.165) is 36.9 Å². The van der Waals surface area contributed by atoms with Gasteiger partial charge < -0.3 is 10.6 Å². The number of hydrogen-bond acceptors (Lipinski definition) is 5. The van der Waals surface area contributed by atoms with Crippen LogP contribution in [0.1, 0.15) is 31.2 Å². The van der Waals surface area contributed by atoms with Crippen LogP contribution in [0.3, 0.4) is 0 Å². The molecule has 0 bridgehead atoms. The molecule has 1 aliphatic rings. The molecule has 1 aromatic carbocycles. The topological polar surface area (TPSA) is 112 Å². The van der Waals surface area contributed by atoms with Crippen molar-refractivity contribution in [3.8, 4) is 18.2 Å². The fraction of sp³-hybridized carbons (Fsp3) is 0.333. The molecule has 1 amide bonds. The van der Waals surface area contributed by atoms with Crippen LogP contribution >= 0.6 is 0 Å². The van der Waals surface area contributed by atoms with Crippen LogP contribution in [0.25, 0.3) is 0 Å². The summed E-state index contributed by atoms with van der Waals surface area (Å²) in [7, 11) is 0. The predicted octanol–water partition coefficient (Wildman–Crippen LogP) is 3.36.